The summed E-state index contributed by atoms with van der Waals surface area (Å²) < 4.78 is 16.0. The smallest absolute Gasteiger partial charge is 0.327 e. The van der Waals surface area contributed by atoms with Crippen molar-refractivity contribution in [3.8, 4) is 11.5 Å². The first-order valence-corrected chi connectivity index (χ1v) is 9.86. The fourth-order valence-corrected chi connectivity index (χ4v) is 3.64. The standard InChI is InChI=1S/C22H26N4O4/c1-28-19-7-6-17(15-20(19)29-2)24-22(27)26-9-8-23-21(26)16-4-3-5-18(14-16)25-10-12-30-13-11-25/h3-9,14-15,21,23H,10-13H2,1-2H3,(H,24,27). The van der Waals surface area contributed by atoms with Gasteiger partial charge in [0.1, 0.15) is 6.17 Å². The lowest BCUT2D eigenvalue weighted by molar-refractivity contribution is 0.122. The predicted octanol–water partition coefficient (Wildman–Crippen LogP) is 3.15. The van der Waals surface area contributed by atoms with Crippen LogP contribution in [0, 0.1) is 0 Å². The van der Waals surface area contributed by atoms with Crippen molar-refractivity contribution in [2.75, 3.05) is 50.7 Å². The number of hydrogen-bond donors (Lipinski definition) is 2. The van der Waals surface area contributed by atoms with Crippen molar-refractivity contribution in [1.29, 1.82) is 0 Å². The molecule has 8 heteroatoms. The Kier molecular flexibility index (Phi) is 5.94. The molecule has 0 bridgehead atoms. The summed E-state index contributed by atoms with van der Waals surface area (Å²) in [6.45, 7) is 3.19. The van der Waals surface area contributed by atoms with E-state index in [1.54, 1.807) is 49.7 Å². The average Bonchev–Trinajstić information content (AvgIpc) is 3.30. The van der Waals surface area contributed by atoms with E-state index < -0.39 is 0 Å². The molecule has 2 aromatic carbocycles. The molecule has 1 saturated heterocycles. The summed E-state index contributed by atoms with van der Waals surface area (Å²) in [5, 5.41) is 6.18. The van der Waals surface area contributed by atoms with Gasteiger partial charge in [-0.25, -0.2) is 4.79 Å². The van der Waals surface area contributed by atoms with E-state index in [9.17, 15) is 4.79 Å². The number of anilines is 2. The van der Waals surface area contributed by atoms with Crippen LogP contribution in [0.5, 0.6) is 11.5 Å². The first-order chi connectivity index (χ1) is 14.7. The highest BCUT2D eigenvalue weighted by Crippen LogP contribution is 2.31. The molecule has 1 atom stereocenters. The van der Waals surface area contributed by atoms with Crippen molar-refractivity contribution >= 4 is 17.4 Å². The number of benzene rings is 2. The summed E-state index contributed by atoms with van der Waals surface area (Å²) in [7, 11) is 3.14. The van der Waals surface area contributed by atoms with Crippen molar-refractivity contribution < 1.29 is 19.0 Å². The minimum Gasteiger partial charge on any atom is -0.493 e. The van der Waals surface area contributed by atoms with Gasteiger partial charge in [-0.15, -0.1) is 0 Å². The van der Waals surface area contributed by atoms with Gasteiger partial charge in [0.05, 0.1) is 27.4 Å². The van der Waals surface area contributed by atoms with Crippen LogP contribution in [0.2, 0.25) is 0 Å². The molecular weight excluding hydrogens is 384 g/mol. The molecule has 2 N–H and O–H groups in total. The zero-order valence-corrected chi connectivity index (χ0v) is 17.1. The molecule has 2 amide bonds. The molecule has 30 heavy (non-hydrogen) atoms. The predicted molar refractivity (Wildman–Crippen MR) is 115 cm³/mol. The van der Waals surface area contributed by atoms with Crippen molar-refractivity contribution in [2.45, 2.75) is 6.17 Å². The molecule has 0 spiro atoms. The van der Waals surface area contributed by atoms with Gasteiger partial charge in [0.2, 0.25) is 0 Å². The average molecular weight is 410 g/mol. The molecule has 0 saturated carbocycles. The third-order valence-corrected chi connectivity index (χ3v) is 5.20. The number of rotatable bonds is 5. The largest absolute Gasteiger partial charge is 0.493 e. The summed E-state index contributed by atoms with van der Waals surface area (Å²) in [4.78, 5) is 16.9. The van der Waals surface area contributed by atoms with Gasteiger partial charge in [-0.2, -0.15) is 0 Å². The van der Waals surface area contributed by atoms with Gasteiger partial charge in [0, 0.05) is 42.9 Å². The maximum absolute atomic E-state index is 13.0. The number of amides is 2. The fourth-order valence-electron chi connectivity index (χ4n) is 3.64. The van der Waals surface area contributed by atoms with E-state index >= 15 is 0 Å². The van der Waals surface area contributed by atoms with Gasteiger partial charge in [-0.1, -0.05) is 12.1 Å². The maximum Gasteiger partial charge on any atom is 0.327 e. The van der Waals surface area contributed by atoms with E-state index in [2.05, 4.69) is 27.7 Å². The lowest BCUT2D eigenvalue weighted by Crippen LogP contribution is -2.37. The number of urea groups is 1. The first-order valence-electron chi connectivity index (χ1n) is 9.86. The van der Waals surface area contributed by atoms with Crippen molar-refractivity contribution in [2.24, 2.45) is 0 Å². The van der Waals surface area contributed by atoms with Crippen LogP contribution in [0.15, 0.2) is 54.9 Å². The Morgan fingerprint density at radius 1 is 1.10 bits per heavy atom. The number of nitrogens with zero attached hydrogens (tertiary/aromatic N) is 2. The minimum atomic E-state index is -0.286. The molecule has 2 aliphatic rings. The molecule has 0 radical (unpaired) electrons. The summed E-state index contributed by atoms with van der Waals surface area (Å²) >= 11 is 0. The van der Waals surface area contributed by atoms with Crippen LogP contribution in [0.25, 0.3) is 0 Å². The molecular formula is C22H26N4O4. The van der Waals surface area contributed by atoms with Gasteiger partial charge in [0.25, 0.3) is 0 Å². The Labute approximate surface area is 176 Å². The van der Waals surface area contributed by atoms with Crippen molar-refractivity contribution in [1.82, 2.24) is 10.2 Å². The second-order valence-corrected chi connectivity index (χ2v) is 6.99. The lowest BCUT2D eigenvalue weighted by atomic mass is 10.1. The van der Waals surface area contributed by atoms with Crippen LogP contribution in [0.3, 0.4) is 0 Å². The molecule has 0 aromatic heterocycles. The highest BCUT2D eigenvalue weighted by Gasteiger charge is 2.27. The topological polar surface area (TPSA) is 75.3 Å². The van der Waals surface area contributed by atoms with E-state index in [1.807, 2.05) is 12.1 Å². The number of hydrogen-bond acceptors (Lipinski definition) is 6. The molecule has 1 unspecified atom stereocenters. The monoisotopic (exact) mass is 410 g/mol. The molecule has 158 valence electrons. The number of carbonyl (C=O) groups is 1. The second kappa shape index (κ2) is 8.96. The number of ether oxygens (including phenoxy) is 3. The Morgan fingerprint density at radius 2 is 1.90 bits per heavy atom. The number of morpholine rings is 1. The Bertz CT molecular complexity index is 927. The zero-order chi connectivity index (χ0) is 20.9. The molecule has 0 aliphatic carbocycles. The van der Waals surface area contributed by atoms with E-state index in [-0.39, 0.29) is 12.2 Å². The zero-order valence-electron chi connectivity index (χ0n) is 17.1. The van der Waals surface area contributed by atoms with E-state index in [4.69, 9.17) is 14.2 Å². The lowest BCUT2D eigenvalue weighted by Gasteiger charge is -2.30. The number of nitrogens with one attached hydrogen (secondary N) is 2. The van der Waals surface area contributed by atoms with E-state index in [0.29, 0.717) is 17.2 Å². The second-order valence-electron chi connectivity index (χ2n) is 6.99. The Morgan fingerprint density at radius 3 is 2.67 bits per heavy atom. The van der Waals surface area contributed by atoms with Crippen LogP contribution < -0.4 is 25.0 Å². The van der Waals surface area contributed by atoms with Crippen LogP contribution >= 0.6 is 0 Å². The molecule has 8 nitrogen and oxygen atoms in total. The van der Waals surface area contributed by atoms with Gasteiger partial charge in [-0.3, -0.25) is 4.90 Å². The van der Waals surface area contributed by atoms with E-state index in [1.165, 1.54) is 0 Å². The third-order valence-electron chi connectivity index (χ3n) is 5.20. The van der Waals surface area contributed by atoms with Crippen molar-refractivity contribution in [3.63, 3.8) is 0 Å². The first kappa shape index (κ1) is 19.9. The maximum atomic E-state index is 13.0. The highest BCUT2D eigenvalue weighted by atomic mass is 16.5. The molecule has 2 aromatic rings. The summed E-state index contributed by atoms with van der Waals surface area (Å²) in [5.41, 5.74) is 2.76. The van der Waals surface area contributed by atoms with Gasteiger partial charge < -0.3 is 29.7 Å². The van der Waals surface area contributed by atoms with Crippen LogP contribution in [0.4, 0.5) is 16.2 Å². The van der Waals surface area contributed by atoms with Gasteiger partial charge in [0.15, 0.2) is 11.5 Å². The van der Waals surface area contributed by atoms with Crippen LogP contribution in [-0.4, -0.2) is 51.5 Å². The van der Waals surface area contributed by atoms with Crippen molar-refractivity contribution in [3.05, 3.63) is 60.4 Å². The van der Waals surface area contributed by atoms with Crippen LogP contribution in [-0.2, 0) is 4.74 Å². The fraction of sp³-hybridized carbons (Fsp3) is 0.318. The number of methoxy groups -OCH3 is 2. The number of carbonyl (C=O) groups excluding carboxylic acids is 1. The highest BCUT2D eigenvalue weighted by molar-refractivity contribution is 5.91. The quantitative estimate of drug-likeness (QED) is 0.789. The van der Waals surface area contributed by atoms with Crippen LogP contribution in [0.1, 0.15) is 11.7 Å². The molecule has 2 heterocycles. The molecule has 1 fully saturated rings. The normalized spacial score (nSPS) is 18.1. The molecule has 2 aliphatic heterocycles. The summed E-state index contributed by atoms with van der Waals surface area (Å²) in [6, 6.07) is 13.3. The SMILES string of the molecule is COc1ccc(NC(=O)N2C=CNC2c2cccc(N3CCOCC3)c2)cc1OC. The summed E-state index contributed by atoms with van der Waals surface area (Å²) in [6.07, 6.45) is 3.23. The summed E-state index contributed by atoms with van der Waals surface area (Å²) in [5.74, 6) is 1.16. The van der Waals surface area contributed by atoms with E-state index in [0.717, 1.165) is 37.6 Å². The third kappa shape index (κ3) is 4.13. The molecule has 4 rings (SSSR count). The Hall–Kier alpha value is -3.39. The minimum absolute atomic E-state index is 0.245. The van der Waals surface area contributed by atoms with Gasteiger partial charge >= 0.3 is 6.03 Å². The van der Waals surface area contributed by atoms with Gasteiger partial charge in [-0.05, 0) is 29.8 Å². The Balaban J connectivity index is 1.49.